The van der Waals surface area contributed by atoms with Gasteiger partial charge in [0.1, 0.15) is 11.4 Å². The van der Waals surface area contributed by atoms with E-state index in [1.807, 2.05) is 13.8 Å². The van der Waals surface area contributed by atoms with E-state index in [4.69, 9.17) is 4.74 Å². The van der Waals surface area contributed by atoms with Crippen LogP contribution >= 0.6 is 0 Å². The third-order valence-corrected chi connectivity index (χ3v) is 2.24. The van der Waals surface area contributed by atoms with Gasteiger partial charge >= 0.3 is 6.09 Å². The van der Waals surface area contributed by atoms with Crippen LogP contribution in [0.4, 0.5) is 4.79 Å². The lowest BCUT2D eigenvalue weighted by Gasteiger charge is -2.19. The number of ether oxygens (including phenoxy) is 1. The Balaban J connectivity index is 3.87. The molecule has 18 heavy (non-hydrogen) atoms. The predicted octanol–water partition coefficient (Wildman–Crippen LogP) is 3.07. The molecule has 0 aliphatic rings. The Morgan fingerprint density at radius 3 is 2.33 bits per heavy atom. The lowest BCUT2D eigenvalue weighted by molar-refractivity contribution is -0.122. The average molecular weight is 255 g/mol. The minimum absolute atomic E-state index is 0.0389. The molecule has 0 heterocycles. The zero-order chi connectivity index (χ0) is 14.3. The average Bonchev–Trinajstić information content (AvgIpc) is 2.13. The maximum atomic E-state index is 11.7. The van der Waals surface area contributed by atoms with Crippen molar-refractivity contribution in [3.63, 3.8) is 0 Å². The Morgan fingerprint density at radius 1 is 1.33 bits per heavy atom. The highest BCUT2D eigenvalue weighted by molar-refractivity contribution is 5.81. The maximum absolute atomic E-state index is 11.7. The molecular formula is C14H25NO3. The third-order valence-electron chi connectivity index (χ3n) is 2.24. The molecule has 0 saturated heterocycles. The van der Waals surface area contributed by atoms with Crippen molar-refractivity contribution < 1.29 is 14.3 Å². The standard InChI is InChI=1S/C14H25NO3/c1-10(2)9-11(3)12(16)7-8-15-13(17)18-14(4,5)6/h11H,1,7-9H2,2-6H3,(H,15,17). The second-order valence-electron chi connectivity index (χ2n) is 5.71. The summed E-state index contributed by atoms with van der Waals surface area (Å²) >= 11 is 0. The first-order valence-electron chi connectivity index (χ1n) is 6.25. The normalized spacial score (nSPS) is 12.7. The number of hydrogen-bond donors (Lipinski definition) is 1. The van der Waals surface area contributed by atoms with Gasteiger partial charge in [-0.2, -0.15) is 0 Å². The van der Waals surface area contributed by atoms with E-state index in [1.165, 1.54) is 0 Å². The molecule has 0 rings (SSSR count). The maximum Gasteiger partial charge on any atom is 0.407 e. The Hall–Kier alpha value is -1.32. The minimum Gasteiger partial charge on any atom is -0.444 e. The molecule has 0 aromatic carbocycles. The molecule has 104 valence electrons. The summed E-state index contributed by atoms with van der Waals surface area (Å²) in [5, 5.41) is 2.57. The van der Waals surface area contributed by atoms with Gasteiger partial charge in [0.25, 0.3) is 0 Å². The number of hydrogen-bond acceptors (Lipinski definition) is 3. The first-order valence-corrected chi connectivity index (χ1v) is 6.25. The Kier molecular flexibility index (Phi) is 6.66. The number of ketones is 1. The Bertz CT molecular complexity index is 315. The van der Waals surface area contributed by atoms with E-state index in [1.54, 1.807) is 20.8 Å². The lowest BCUT2D eigenvalue weighted by atomic mass is 9.97. The number of rotatable bonds is 6. The fourth-order valence-electron chi connectivity index (χ4n) is 1.48. The van der Waals surface area contributed by atoms with Crippen molar-refractivity contribution >= 4 is 11.9 Å². The van der Waals surface area contributed by atoms with Crippen molar-refractivity contribution in [2.24, 2.45) is 5.92 Å². The predicted molar refractivity (Wildman–Crippen MR) is 72.5 cm³/mol. The van der Waals surface area contributed by atoms with Crippen LogP contribution in [0.15, 0.2) is 12.2 Å². The molecule has 1 unspecified atom stereocenters. The van der Waals surface area contributed by atoms with Gasteiger partial charge in [-0.3, -0.25) is 4.79 Å². The number of amides is 1. The van der Waals surface area contributed by atoms with Crippen molar-refractivity contribution in [2.75, 3.05) is 6.54 Å². The summed E-state index contributed by atoms with van der Waals surface area (Å²) in [6.07, 6.45) is 0.543. The van der Waals surface area contributed by atoms with Gasteiger partial charge in [0.15, 0.2) is 0 Å². The molecule has 0 radical (unpaired) electrons. The summed E-state index contributed by atoms with van der Waals surface area (Å²) in [5.74, 6) is 0.0944. The number of carbonyl (C=O) groups excluding carboxylic acids is 2. The second kappa shape index (κ2) is 7.19. The molecule has 0 aromatic heterocycles. The quantitative estimate of drug-likeness (QED) is 0.742. The molecule has 0 saturated carbocycles. The first-order chi connectivity index (χ1) is 8.11. The lowest BCUT2D eigenvalue weighted by Crippen LogP contribution is -2.34. The highest BCUT2D eigenvalue weighted by atomic mass is 16.6. The van der Waals surface area contributed by atoms with Gasteiger partial charge in [0.05, 0.1) is 0 Å². The molecule has 0 aliphatic heterocycles. The smallest absolute Gasteiger partial charge is 0.407 e. The molecule has 0 bridgehead atoms. The van der Waals surface area contributed by atoms with Crippen LogP contribution in [-0.4, -0.2) is 24.0 Å². The fourth-order valence-corrected chi connectivity index (χ4v) is 1.48. The number of alkyl carbamates (subject to hydrolysis) is 1. The van der Waals surface area contributed by atoms with Gasteiger partial charge in [-0.15, -0.1) is 6.58 Å². The highest BCUT2D eigenvalue weighted by Crippen LogP contribution is 2.11. The molecule has 4 nitrogen and oxygen atoms in total. The number of Topliss-reactive ketones (excluding diaryl/α,β-unsaturated/α-hetero) is 1. The van der Waals surface area contributed by atoms with Crippen molar-refractivity contribution in [3.05, 3.63) is 12.2 Å². The first kappa shape index (κ1) is 16.7. The summed E-state index contributed by atoms with van der Waals surface area (Å²) in [4.78, 5) is 23.0. The molecular weight excluding hydrogens is 230 g/mol. The highest BCUT2D eigenvalue weighted by Gasteiger charge is 2.17. The van der Waals surface area contributed by atoms with E-state index < -0.39 is 11.7 Å². The zero-order valence-corrected chi connectivity index (χ0v) is 12.1. The number of allylic oxidation sites excluding steroid dienone is 1. The van der Waals surface area contributed by atoms with Crippen LogP contribution in [0.2, 0.25) is 0 Å². The summed E-state index contributed by atoms with van der Waals surface area (Å²) in [7, 11) is 0. The number of nitrogens with one attached hydrogen (secondary N) is 1. The Morgan fingerprint density at radius 2 is 1.89 bits per heavy atom. The van der Waals surface area contributed by atoms with E-state index >= 15 is 0 Å². The third kappa shape index (κ3) is 8.79. The van der Waals surface area contributed by atoms with Gasteiger partial charge in [0.2, 0.25) is 0 Å². The van der Waals surface area contributed by atoms with Crippen LogP contribution < -0.4 is 5.32 Å². The van der Waals surface area contributed by atoms with Crippen LogP contribution in [0.5, 0.6) is 0 Å². The van der Waals surface area contributed by atoms with Crippen molar-refractivity contribution in [3.8, 4) is 0 Å². The number of carbonyl (C=O) groups is 2. The van der Waals surface area contributed by atoms with Gasteiger partial charge in [-0.25, -0.2) is 4.79 Å². The van der Waals surface area contributed by atoms with E-state index in [-0.39, 0.29) is 11.7 Å². The molecule has 4 heteroatoms. The minimum atomic E-state index is -0.513. The molecule has 0 fully saturated rings. The van der Waals surface area contributed by atoms with Crippen LogP contribution in [0.1, 0.15) is 47.5 Å². The van der Waals surface area contributed by atoms with Crippen LogP contribution in [0.3, 0.4) is 0 Å². The monoisotopic (exact) mass is 255 g/mol. The second-order valence-corrected chi connectivity index (χ2v) is 5.71. The van der Waals surface area contributed by atoms with E-state index in [0.717, 1.165) is 5.57 Å². The van der Waals surface area contributed by atoms with Crippen LogP contribution in [0, 0.1) is 5.92 Å². The van der Waals surface area contributed by atoms with Gasteiger partial charge in [-0.05, 0) is 34.1 Å². The van der Waals surface area contributed by atoms with Crippen LogP contribution in [-0.2, 0) is 9.53 Å². The molecule has 0 aliphatic carbocycles. The summed E-state index contributed by atoms with van der Waals surface area (Å²) in [5.41, 5.74) is 0.484. The summed E-state index contributed by atoms with van der Waals surface area (Å²) in [6, 6.07) is 0. The molecule has 0 aromatic rings. The molecule has 1 N–H and O–H groups in total. The van der Waals surface area contributed by atoms with Crippen LogP contribution in [0.25, 0.3) is 0 Å². The summed E-state index contributed by atoms with van der Waals surface area (Å²) < 4.78 is 5.07. The fraction of sp³-hybridized carbons (Fsp3) is 0.714. The molecule has 1 amide bonds. The topological polar surface area (TPSA) is 55.4 Å². The van der Waals surface area contributed by atoms with E-state index in [9.17, 15) is 9.59 Å². The van der Waals surface area contributed by atoms with Gasteiger partial charge in [-0.1, -0.05) is 12.5 Å². The van der Waals surface area contributed by atoms with E-state index in [2.05, 4.69) is 11.9 Å². The van der Waals surface area contributed by atoms with Crippen molar-refractivity contribution in [1.82, 2.24) is 5.32 Å². The van der Waals surface area contributed by atoms with Crippen molar-refractivity contribution in [2.45, 2.75) is 53.1 Å². The SMILES string of the molecule is C=C(C)CC(C)C(=O)CCNC(=O)OC(C)(C)C. The van der Waals surface area contributed by atoms with Gasteiger partial charge < -0.3 is 10.1 Å². The Labute approximate surface area is 110 Å². The zero-order valence-electron chi connectivity index (χ0n) is 12.1. The molecule has 1 atom stereocenters. The largest absolute Gasteiger partial charge is 0.444 e. The van der Waals surface area contributed by atoms with E-state index in [0.29, 0.717) is 19.4 Å². The van der Waals surface area contributed by atoms with Gasteiger partial charge in [0, 0.05) is 18.9 Å². The summed E-state index contributed by atoms with van der Waals surface area (Å²) in [6.45, 7) is 13.3. The molecule has 0 spiro atoms. The van der Waals surface area contributed by atoms with Crippen molar-refractivity contribution in [1.29, 1.82) is 0 Å².